The minimum atomic E-state index is -0.365. The molecule has 0 bridgehead atoms. The van der Waals surface area contributed by atoms with E-state index in [9.17, 15) is 9.59 Å². The number of nitrogens with zero attached hydrogens (tertiary/aromatic N) is 1. The van der Waals surface area contributed by atoms with Crippen LogP contribution in [0.4, 0.5) is 0 Å². The van der Waals surface area contributed by atoms with Crippen molar-refractivity contribution in [2.75, 3.05) is 19.0 Å². The van der Waals surface area contributed by atoms with Gasteiger partial charge in [0.25, 0.3) is 0 Å². The van der Waals surface area contributed by atoms with Gasteiger partial charge >= 0.3 is 10.8 Å². The maximum absolute atomic E-state index is 12.5. The number of ether oxygens (including phenoxy) is 2. The van der Waals surface area contributed by atoms with Crippen LogP contribution in [0.5, 0.6) is 5.75 Å². The minimum Gasteiger partial charge on any atom is -0.493 e. The maximum atomic E-state index is 12.5. The SMILES string of the molecule is CCOC(=O)Cn1c2c(sc1=O)[C@H]1c3ccccc3OC[C@@H]1CS2. The summed E-state index contributed by atoms with van der Waals surface area (Å²) in [4.78, 5) is 25.2. The van der Waals surface area contributed by atoms with Crippen LogP contribution in [0.15, 0.2) is 34.1 Å². The summed E-state index contributed by atoms with van der Waals surface area (Å²) < 4.78 is 12.4. The summed E-state index contributed by atoms with van der Waals surface area (Å²) in [6, 6.07) is 8.02. The molecule has 7 heteroatoms. The Kier molecular flexibility index (Phi) is 4.14. The first-order valence-electron chi connectivity index (χ1n) is 7.92. The van der Waals surface area contributed by atoms with Gasteiger partial charge in [-0.25, -0.2) is 0 Å². The fourth-order valence-corrected chi connectivity index (χ4v) is 6.02. The molecule has 0 N–H and O–H groups in total. The van der Waals surface area contributed by atoms with E-state index in [1.807, 2.05) is 18.2 Å². The Morgan fingerprint density at radius 1 is 1.42 bits per heavy atom. The van der Waals surface area contributed by atoms with E-state index in [-0.39, 0.29) is 23.3 Å². The van der Waals surface area contributed by atoms with Gasteiger partial charge in [0.2, 0.25) is 0 Å². The second kappa shape index (κ2) is 6.29. The summed E-state index contributed by atoms with van der Waals surface area (Å²) in [5, 5.41) is 0.913. The molecule has 0 spiro atoms. The molecule has 4 rings (SSSR count). The molecule has 1 aromatic carbocycles. The molecule has 0 saturated carbocycles. The third-order valence-corrected chi connectivity index (χ3v) is 6.86. The molecule has 2 aromatic rings. The van der Waals surface area contributed by atoms with E-state index in [2.05, 4.69) is 6.07 Å². The number of hydrogen-bond acceptors (Lipinski definition) is 6. The molecule has 0 aliphatic carbocycles. The van der Waals surface area contributed by atoms with Crippen LogP contribution in [0.2, 0.25) is 0 Å². The molecule has 5 nitrogen and oxygen atoms in total. The first-order valence-corrected chi connectivity index (χ1v) is 9.73. The number of para-hydroxylation sites is 1. The highest BCUT2D eigenvalue weighted by atomic mass is 32.2. The summed E-state index contributed by atoms with van der Waals surface area (Å²) >= 11 is 2.89. The second-order valence-corrected chi connectivity index (χ2v) is 7.83. The number of hydrogen-bond donors (Lipinski definition) is 0. The lowest BCUT2D eigenvalue weighted by atomic mass is 9.84. The molecular formula is C17H17NO4S2. The van der Waals surface area contributed by atoms with Crippen molar-refractivity contribution in [2.24, 2.45) is 5.92 Å². The van der Waals surface area contributed by atoms with Gasteiger partial charge in [0, 0.05) is 28.0 Å². The highest BCUT2D eigenvalue weighted by Crippen LogP contribution is 2.50. The van der Waals surface area contributed by atoms with Gasteiger partial charge in [-0.05, 0) is 13.0 Å². The second-order valence-electron chi connectivity index (χ2n) is 5.83. The Morgan fingerprint density at radius 2 is 2.25 bits per heavy atom. The van der Waals surface area contributed by atoms with Gasteiger partial charge in [-0.2, -0.15) is 0 Å². The van der Waals surface area contributed by atoms with Gasteiger partial charge in [-0.1, -0.05) is 29.5 Å². The van der Waals surface area contributed by atoms with Crippen LogP contribution in [0.3, 0.4) is 0 Å². The third kappa shape index (κ3) is 2.56. The fraction of sp³-hybridized carbons (Fsp3) is 0.412. The van der Waals surface area contributed by atoms with Crippen molar-refractivity contribution in [1.29, 1.82) is 0 Å². The highest BCUT2D eigenvalue weighted by molar-refractivity contribution is 7.99. The van der Waals surface area contributed by atoms with Gasteiger partial charge in [0.1, 0.15) is 12.3 Å². The molecule has 3 heterocycles. The van der Waals surface area contributed by atoms with Crippen LogP contribution in [0.25, 0.3) is 0 Å². The Balaban J connectivity index is 1.77. The lowest BCUT2D eigenvalue weighted by molar-refractivity contribution is -0.144. The smallest absolute Gasteiger partial charge is 0.326 e. The molecule has 0 unspecified atom stereocenters. The maximum Gasteiger partial charge on any atom is 0.326 e. The molecular weight excluding hydrogens is 346 g/mol. The van der Waals surface area contributed by atoms with Gasteiger partial charge in [-0.3, -0.25) is 14.2 Å². The quantitative estimate of drug-likeness (QED) is 0.785. The van der Waals surface area contributed by atoms with E-state index in [4.69, 9.17) is 9.47 Å². The Morgan fingerprint density at radius 3 is 3.08 bits per heavy atom. The molecule has 126 valence electrons. The van der Waals surface area contributed by atoms with E-state index in [1.165, 1.54) is 11.3 Å². The van der Waals surface area contributed by atoms with Crippen LogP contribution in [-0.4, -0.2) is 29.5 Å². The Bertz CT molecular complexity index is 841. The van der Waals surface area contributed by atoms with Crippen molar-refractivity contribution in [1.82, 2.24) is 4.57 Å². The standard InChI is InChI=1S/C17H17NO4S2/c1-2-21-13(19)7-18-16-15(24-17(18)20)14-10(9-23-16)8-22-12-6-4-3-5-11(12)14/h3-6,10,14H,2,7-9H2,1H3/t10-,14-/m1/s1. The zero-order valence-electron chi connectivity index (χ0n) is 13.2. The molecule has 0 saturated heterocycles. The molecule has 0 amide bonds. The Labute approximate surface area is 147 Å². The number of thiazole rings is 1. The predicted octanol–water partition coefficient (Wildman–Crippen LogP) is 2.72. The summed E-state index contributed by atoms with van der Waals surface area (Å²) in [6.45, 7) is 2.74. The van der Waals surface area contributed by atoms with E-state index < -0.39 is 0 Å². The fourth-order valence-electron chi connectivity index (χ4n) is 3.33. The number of carbonyl (C=O) groups is 1. The van der Waals surface area contributed by atoms with Crippen molar-refractivity contribution < 1.29 is 14.3 Å². The topological polar surface area (TPSA) is 57.5 Å². The summed E-state index contributed by atoms with van der Waals surface area (Å²) in [5.74, 6) is 1.94. The normalized spacial score (nSPS) is 21.2. The van der Waals surface area contributed by atoms with E-state index >= 15 is 0 Å². The summed E-state index contributed by atoms with van der Waals surface area (Å²) in [7, 11) is 0. The molecule has 0 fully saturated rings. The third-order valence-electron chi connectivity index (χ3n) is 4.36. The Hall–Kier alpha value is -1.73. The van der Waals surface area contributed by atoms with Crippen LogP contribution >= 0.6 is 23.1 Å². The monoisotopic (exact) mass is 363 g/mol. The van der Waals surface area contributed by atoms with Crippen molar-refractivity contribution in [2.45, 2.75) is 24.4 Å². The van der Waals surface area contributed by atoms with Crippen LogP contribution < -0.4 is 9.61 Å². The average molecular weight is 363 g/mol. The number of rotatable bonds is 3. The number of carbonyl (C=O) groups excluding carboxylic acids is 1. The van der Waals surface area contributed by atoms with Crippen LogP contribution in [-0.2, 0) is 16.1 Å². The molecule has 1 aromatic heterocycles. The predicted molar refractivity (Wildman–Crippen MR) is 93.2 cm³/mol. The van der Waals surface area contributed by atoms with E-state index in [0.717, 1.165) is 27.0 Å². The molecule has 2 aliphatic heterocycles. The van der Waals surface area contributed by atoms with Crippen molar-refractivity contribution >= 4 is 29.1 Å². The van der Waals surface area contributed by atoms with Crippen molar-refractivity contribution in [3.63, 3.8) is 0 Å². The van der Waals surface area contributed by atoms with Gasteiger partial charge in [0.05, 0.1) is 18.2 Å². The van der Waals surface area contributed by atoms with E-state index in [1.54, 1.807) is 23.3 Å². The summed E-state index contributed by atoms with van der Waals surface area (Å²) in [5.41, 5.74) is 1.14. The lowest BCUT2D eigenvalue weighted by Gasteiger charge is -2.36. The van der Waals surface area contributed by atoms with Crippen molar-refractivity contribution in [3.05, 3.63) is 44.4 Å². The first kappa shape index (κ1) is 15.8. The first-order chi connectivity index (χ1) is 11.7. The molecule has 0 radical (unpaired) electrons. The largest absolute Gasteiger partial charge is 0.493 e. The molecule has 2 atom stereocenters. The average Bonchev–Trinajstić information content (AvgIpc) is 2.90. The summed E-state index contributed by atoms with van der Waals surface area (Å²) in [6.07, 6.45) is 0. The number of aromatic nitrogens is 1. The number of benzene rings is 1. The van der Waals surface area contributed by atoms with Crippen LogP contribution in [0, 0.1) is 5.92 Å². The minimum absolute atomic E-state index is 0.0129. The number of fused-ring (bicyclic) bond motifs is 5. The van der Waals surface area contributed by atoms with Crippen molar-refractivity contribution in [3.8, 4) is 5.75 Å². The number of thioether (sulfide) groups is 1. The number of esters is 1. The van der Waals surface area contributed by atoms with Gasteiger partial charge in [-0.15, -0.1) is 11.8 Å². The molecule has 2 aliphatic rings. The highest BCUT2D eigenvalue weighted by Gasteiger charge is 2.39. The van der Waals surface area contributed by atoms with Gasteiger partial charge < -0.3 is 9.47 Å². The lowest BCUT2D eigenvalue weighted by Crippen LogP contribution is -2.31. The van der Waals surface area contributed by atoms with E-state index in [0.29, 0.717) is 19.1 Å². The zero-order valence-corrected chi connectivity index (χ0v) is 14.8. The zero-order chi connectivity index (χ0) is 16.7. The van der Waals surface area contributed by atoms with Gasteiger partial charge in [0.15, 0.2) is 0 Å². The molecule has 24 heavy (non-hydrogen) atoms. The van der Waals surface area contributed by atoms with Crippen LogP contribution in [0.1, 0.15) is 23.3 Å².